The average Bonchev–Trinajstić information content (AvgIpc) is 2.58. The van der Waals surface area contributed by atoms with Crippen molar-refractivity contribution in [3.05, 3.63) is 58.9 Å². The van der Waals surface area contributed by atoms with Gasteiger partial charge in [-0.2, -0.15) is 4.31 Å². The first kappa shape index (κ1) is 18.2. The van der Waals surface area contributed by atoms with E-state index in [0.717, 1.165) is 5.56 Å². The topological polar surface area (TPSA) is 66.4 Å². The molecule has 1 atom stereocenters. The van der Waals surface area contributed by atoms with Crippen LogP contribution in [-0.2, 0) is 10.0 Å². The maximum atomic E-state index is 14.5. The molecule has 1 fully saturated rings. The van der Waals surface area contributed by atoms with Crippen molar-refractivity contribution in [2.75, 3.05) is 32.4 Å². The molecule has 9 heteroatoms. The zero-order valence-electron chi connectivity index (χ0n) is 13.6. The van der Waals surface area contributed by atoms with Crippen molar-refractivity contribution in [2.45, 2.75) is 6.04 Å². The van der Waals surface area contributed by atoms with Gasteiger partial charge in [-0.3, -0.25) is 4.90 Å². The molecule has 2 heterocycles. The minimum absolute atomic E-state index is 0.325. The number of hydrogen-bond acceptors (Lipinski definition) is 5. The van der Waals surface area contributed by atoms with Gasteiger partial charge in [-0.05, 0) is 12.1 Å². The molecule has 1 aromatic carbocycles. The summed E-state index contributed by atoms with van der Waals surface area (Å²) >= 11 is 5.87. The molecular weight excluding hydrogens is 367 g/mol. The number of nitrogens with zero attached hydrogens (tertiary/aromatic N) is 4. The lowest BCUT2D eigenvalue weighted by atomic mass is 9.98. The molecule has 0 spiro atoms. The summed E-state index contributed by atoms with van der Waals surface area (Å²) in [6, 6.07) is 4.17. The summed E-state index contributed by atoms with van der Waals surface area (Å²) in [4.78, 5) is 10.1. The highest BCUT2D eigenvalue weighted by Gasteiger charge is 2.31. The summed E-state index contributed by atoms with van der Waals surface area (Å²) in [6.07, 6.45) is 5.91. The lowest BCUT2D eigenvalue weighted by molar-refractivity contribution is 0.154. The zero-order valence-corrected chi connectivity index (χ0v) is 15.2. The summed E-state index contributed by atoms with van der Waals surface area (Å²) in [5.41, 5.74) is 1.21. The zero-order chi connectivity index (χ0) is 18.0. The lowest BCUT2D eigenvalue weighted by Crippen LogP contribution is -2.49. The molecule has 1 aromatic heterocycles. The van der Waals surface area contributed by atoms with E-state index in [9.17, 15) is 12.8 Å². The van der Waals surface area contributed by atoms with Crippen LogP contribution in [0.5, 0.6) is 0 Å². The first-order valence-electron chi connectivity index (χ1n) is 7.75. The van der Waals surface area contributed by atoms with Gasteiger partial charge < -0.3 is 0 Å². The quantitative estimate of drug-likeness (QED) is 0.805. The van der Waals surface area contributed by atoms with E-state index in [4.69, 9.17) is 11.6 Å². The Morgan fingerprint density at radius 3 is 2.36 bits per heavy atom. The third kappa shape index (κ3) is 4.14. The predicted octanol–water partition coefficient (Wildman–Crippen LogP) is 1.94. The van der Waals surface area contributed by atoms with Crippen molar-refractivity contribution in [2.24, 2.45) is 0 Å². The molecule has 3 rings (SSSR count). The summed E-state index contributed by atoms with van der Waals surface area (Å²) in [5, 5.41) is 0.325. The Hall–Kier alpha value is -1.61. The van der Waals surface area contributed by atoms with E-state index >= 15 is 0 Å². The molecule has 0 amide bonds. The van der Waals surface area contributed by atoms with Crippen LogP contribution < -0.4 is 0 Å². The largest absolute Gasteiger partial charge is 0.290 e. The van der Waals surface area contributed by atoms with E-state index in [0.29, 0.717) is 36.8 Å². The van der Waals surface area contributed by atoms with Crippen molar-refractivity contribution in [1.29, 1.82) is 0 Å². The first-order chi connectivity index (χ1) is 11.9. The molecule has 0 saturated carbocycles. The van der Waals surface area contributed by atoms with E-state index in [1.54, 1.807) is 24.5 Å². The van der Waals surface area contributed by atoms with Crippen molar-refractivity contribution in [3.8, 4) is 0 Å². The number of piperazine rings is 1. The molecule has 0 radical (unpaired) electrons. The second-order valence-corrected chi connectivity index (χ2v) is 8.36. The van der Waals surface area contributed by atoms with Crippen molar-refractivity contribution >= 4 is 21.6 Å². The Labute approximate surface area is 151 Å². The second-order valence-electron chi connectivity index (χ2n) is 5.94. The summed E-state index contributed by atoms with van der Waals surface area (Å²) in [5.74, 6) is -0.410. The Balaban J connectivity index is 1.93. The fourth-order valence-corrected chi connectivity index (χ4v) is 4.04. The molecular formula is C16H18ClFN4O2S. The second kappa shape index (κ2) is 7.33. The normalized spacial score (nSPS) is 18.2. The highest BCUT2D eigenvalue weighted by Crippen LogP contribution is 2.32. The van der Waals surface area contributed by atoms with Crippen LogP contribution in [0.4, 0.5) is 4.39 Å². The van der Waals surface area contributed by atoms with Crippen LogP contribution in [0.25, 0.3) is 0 Å². The average molecular weight is 385 g/mol. The monoisotopic (exact) mass is 384 g/mol. The summed E-state index contributed by atoms with van der Waals surface area (Å²) in [6.45, 7) is 1.68. The predicted molar refractivity (Wildman–Crippen MR) is 93.3 cm³/mol. The van der Waals surface area contributed by atoms with Gasteiger partial charge in [0.2, 0.25) is 10.0 Å². The van der Waals surface area contributed by atoms with E-state index in [1.807, 2.05) is 4.90 Å². The number of halogens is 2. The highest BCUT2D eigenvalue weighted by molar-refractivity contribution is 7.88. The van der Waals surface area contributed by atoms with Gasteiger partial charge in [0.15, 0.2) is 0 Å². The smallest absolute Gasteiger partial charge is 0.211 e. The highest BCUT2D eigenvalue weighted by atomic mass is 35.5. The maximum Gasteiger partial charge on any atom is 0.211 e. The van der Waals surface area contributed by atoms with Crippen LogP contribution in [0, 0.1) is 5.82 Å². The van der Waals surface area contributed by atoms with E-state index in [1.165, 1.54) is 23.0 Å². The number of sulfonamides is 1. The Bertz CT molecular complexity index is 842. The first-order valence-corrected chi connectivity index (χ1v) is 9.98. The van der Waals surface area contributed by atoms with E-state index < -0.39 is 21.9 Å². The number of hydrogen-bond donors (Lipinski definition) is 0. The van der Waals surface area contributed by atoms with Crippen molar-refractivity contribution in [3.63, 3.8) is 0 Å². The minimum atomic E-state index is -3.23. The Morgan fingerprint density at radius 2 is 1.80 bits per heavy atom. The van der Waals surface area contributed by atoms with Gasteiger partial charge in [-0.25, -0.2) is 22.8 Å². The third-order valence-corrected chi connectivity index (χ3v) is 5.80. The van der Waals surface area contributed by atoms with Gasteiger partial charge in [0.1, 0.15) is 12.1 Å². The number of benzene rings is 1. The molecule has 0 N–H and O–H groups in total. The number of aromatic nitrogens is 2. The van der Waals surface area contributed by atoms with E-state index in [2.05, 4.69) is 9.97 Å². The van der Waals surface area contributed by atoms with Gasteiger partial charge in [-0.15, -0.1) is 0 Å². The van der Waals surface area contributed by atoms with Crippen molar-refractivity contribution in [1.82, 2.24) is 19.2 Å². The minimum Gasteiger partial charge on any atom is -0.290 e. The molecule has 0 bridgehead atoms. The third-order valence-electron chi connectivity index (χ3n) is 4.26. The molecule has 0 aliphatic carbocycles. The number of rotatable bonds is 4. The molecule has 2 aromatic rings. The fourth-order valence-electron chi connectivity index (χ4n) is 3.06. The Morgan fingerprint density at radius 1 is 1.16 bits per heavy atom. The van der Waals surface area contributed by atoms with Gasteiger partial charge in [0.25, 0.3) is 0 Å². The van der Waals surface area contributed by atoms with Crippen LogP contribution in [0.2, 0.25) is 5.02 Å². The van der Waals surface area contributed by atoms with Gasteiger partial charge in [-0.1, -0.05) is 17.7 Å². The molecule has 134 valence electrons. The van der Waals surface area contributed by atoms with Crippen molar-refractivity contribution < 1.29 is 12.8 Å². The maximum absolute atomic E-state index is 14.5. The van der Waals surface area contributed by atoms with Crippen LogP contribution in [-0.4, -0.2) is 60.0 Å². The summed E-state index contributed by atoms with van der Waals surface area (Å²) in [7, 11) is -3.23. The van der Waals surface area contributed by atoms with Gasteiger partial charge in [0, 0.05) is 54.7 Å². The van der Waals surface area contributed by atoms with Gasteiger partial charge in [0.05, 0.1) is 12.3 Å². The van der Waals surface area contributed by atoms with Crippen LogP contribution in [0.3, 0.4) is 0 Å². The van der Waals surface area contributed by atoms with Crippen LogP contribution >= 0.6 is 11.6 Å². The molecule has 1 unspecified atom stereocenters. The van der Waals surface area contributed by atoms with Gasteiger partial charge >= 0.3 is 0 Å². The standard InChI is InChI=1S/C16H18ClFN4O2S/c1-25(23,24)22-6-4-21(5-7-22)16(12-9-19-11-20-10-12)14-3-2-13(17)8-15(14)18/h2-3,8-11,16H,4-7H2,1H3. The SMILES string of the molecule is CS(=O)(=O)N1CCN(C(c2cncnc2)c2ccc(Cl)cc2F)CC1. The lowest BCUT2D eigenvalue weighted by Gasteiger charge is -2.38. The van der Waals surface area contributed by atoms with E-state index in [-0.39, 0.29) is 0 Å². The van der Waals surface area contributed by atoms with Crippen LogP contribution in [0.1, 0.15) is 17.2 Å². The summed E-state index contributed by atoms with van der Waals surface area (Å²) < 4.78 is 39.4. The molecule has 25 heavy (non-hydrogen) atoms. The fraction of sp³-hybridized carbons (Fsp3) is 0.375. The molecule has 1 aliphatic rings. The van der Waals surface area contributed by atoms with Crippen LogP contribution in [0.15, 0.2) is 36.9 Å². The molecule has 1 saturated heterocycles. The molecule has 6 nitrogen and oxygen atoms in total. The molecule has 1 aliphatic heterocycles. The Kier molecular flexibility index (Phi) is 5.33.